The van der Waals surface area contributed by atoms with Gasteiger partial charge in [0.2, 0.25) is 0 Å². The summed E-state index contributed by atoms with van der Waals surface area (Å²) < 4.78 is 9.99. The molecule has 0 fully saturated rings. The number of carbonyl (C=O) groups excluding carboxylic acids is 2. The van der Waals surface area contributed by atoms with E-state index in [9.17, 15) is 9.59 Å². The summed E-state index contributed by atoms with van der Waals surface area (Å²) in [6.07, 6.45) is 1.55. The van der Waals surface area contributed by atoms with E-state index in [1.165, 1.54) is 13.2 Å². The van der Waals surface area contributed by atoms with Crippen molar-refractivity contribution in [1.29, 1.82) is 0 Å². The van der Waals surface area contributed by atoms with Crippen molar-refractivity contribution in [2.45, 2.75) is 32.9 Å². The molecule has 0 saturated carbocycles. The lowest BCUT2D eigenvalue weighted by Crippen LogP contribution is -2.44. The van der Waals surface area contributed by atoms with Crippen LogP contribution in [0.3, 0.4) is 0 Å². The fraction of sp³-hybridized carbons (Fsp3) is 0.444. The number of benzene rings is 1. The van der Waals surface area contributed by atoms with E-state index in [-0.39, 0.29) is 6.61 Å². The third-order valence-electron chi connectivity index (χ3n) is 3.40. The molecule has 0 aromatic heterocycles. The van der Waals surface area contributed by atoms with Gasteiger partial charge in [0.05, 0.1) is 13.0 Å². The second-order valence-electron chi connectivity index (χ2n) is 5.73. The van der Waals surface area contributed by atoms with E-state index in [2.05, 4.69) is 11.9 Å². The molecule has 5 heteroatoms. The molecule has 2 atom stereocenters. The molecule has 0 saturated heterocycles. The van der Waals surface area contributed by atoms with E-state index < -0.39 is 24.0 Å². The molecule has 1 N–H and O–H groups in total. The first-order valence-electron chi connectivity index (χ1n) is 7.65. The predicted molar refractivity (Wildman–Crippen MR) is 88.7 cm³/mol. The fourth-order valence-electron chi connectivity index (χ4n) is 2.28. The summed E-state index contributed by atoms with van der Waals surface area (Å²) in [6, 6.07) is 8.99. The molecule has 126 valence electrons. The van der Waals surface area contributed by atoms with Crippen molar-refractivity contribution in [3.8, 4) is 0 Å². The maximum absolute atomic E-state index is 12.0. The summed E-state index contributed by atoms with van der Waals surface area (Å²) in [5.74, 6) is -0.734. The topological polar surface area (TPSA) is 64.6 Å². The summed E-state index contributed by atoms with van der Waals surface area (Å²) in [4.78, 5) is 23.9. The zero-order valence-corrected chi connectivity index (χ0v) is 14.0. The molecule has 0 bridgehead atoms. The van der Waals surface area contributed by atoms with E-state index >= 15 is 0 Å². The summed E-state index contributed by atoms with van der Waals surface area (Å²) in [6.45, 7) is 7.88. The van der Waals surface area contributed by atoms with Crippen molar-refractivity contribution in [2.24, 2.45) is 11.8 Å². The third-order valence-corrected chi connectivity index (χ3v) is 3.40. The van der Waals surface area contributed by atoms with Crippen LogP contribution in [-0.4, -0.2) is 25.2 Å². The minimum Gasteiger partial charge on any atom is -0.469 e. The molecule has 0 spiro atoms. The van der Waals surface area contributed by atoms with Crippen LogP contribution in [0.5, 0.6) is 0 Å². The van der Waals surface area contributed by atoms with Gasteiger partial charge in [-0.2, -0.15) is 0 Å². The Kier molecular flexibility index (Phi) is 7.88. The van der Waals surface area contributed by atoms with E-state index in [1.54, 1.807) is 0 Å². The number of hydrogen-bond donors (Lipinski definition) is 1. The standard InChI is InChI=1S/C18H25NO4/c1-5-15(17(20)22-4)16(11-13(2)3)19-18(21)23-12-14-9-7-6-8-10-14/h5-10,13,15-16H,1,11-12H2,2-4H3,(H,19,21). The van der Waals surface area contributed by atoms with Gasteiger partial charge in [-0.3, -0.25) is 4.79 Å². The molecular weight excluding hydrogens is 294 g/mol. The van der Waals surface area contributed by atoms with Crippen molar-refractivity contribution in [1.82, 2.24) is 5.32 Å². The van der Waals surface area contributed by atoms with Gasteiger partial charge in [-0.25, -0.2) is 4.79 Å². The summed E-state index contributed by atoms with van der Waals surface area (Å²) in [7, 11) is 1.32. The Morgan fingerprint density at radius 3 is 2.43 bits per heavy atom. The van der Waals surface area contributed by atoms with Gasteiger partial charge in [-0.15, -0.1) is 6.58 Å². The number of ether oxygens (including phenoxy) is 2. The van der Waals surface area contributed by atoms with Gasteiger partial charge in [0.15, 0.2) is 0 Å². The molecule has 0 heterocycles. The normalized spacial score (nSPS) is 13.0. The SMILES string of the molecule is C=CC(C(=O)OC)C(CC(C)C)NC(=O)OCc1ccccc1. The van der Waals surface area contributed by atoms with Crippen molar-refractivity contribution in [3.05, 3.63) is 48.6 Å². The van der Waals surface area contributed by atoms with Gasteiger partial charge in [0.25, 0.3) is 0 Å². The van der Waals surface area contributed by atoms with Crippen LogP contribution in [-0.2, 0) is 20.9 Å². The first kappa shape index (κ1) is 18.7. The van der Waals surface area contributed by atoms with E-state index in [0.29, 0.717) is 12.3 Å². The number of esters is 1. The monoisotopic (exact) mass is 319 g/mol. The van der Waals surface area contributed by atoms with Crippen LogP contribution in [0.25, 0.3) is 0 Å². The highest BCUT2D eigenvalue weighted by atomic mass is 16.5. The van der Waals surface area contributed by atoms with Crippen molar-refractivity contribution in [3.63, 3.8) is 0 Å². The maximum atomic E-state index is 12.0. The number of amides is 1. The Morgan fingerprint density at radius 1 is 1.26 bits per heavy atom. The second kappa shape index (κ2) is 9.66. The van der Waals surface area contributed by atoms with Gasteiger partial charge in [0.1, 0.15) is 6.61 Å². The van der Waals surface area contributed by atoms with E-state index in [0.717, 1.165) is 5.56 Å². The molecule has 0 aliphatic heterocycles. The number of hydrogen-bond acceptors (Lipinski definition) is 4. The zero-order valence-electron chi connectivity index (χ0n) is 14.0. The number of rotatable bonds is 8. The van der Waals surface area contributed by atoms with Crippen LogP contribution in [0.4, 0.5) is 4.79 Å². The highest BCUT2D eigenvalue weighted by Gasteiger charge is 2.29. The predicted octanol–water partition coefficient (Wildman–Crippen LogP) is 3.30. The lowest BCUT2D eigenvalue weighted by Gasteiger charge is -2.25. The minimum atomic E-state index is -0.605. The Bertz CT molecular complexity index is 513. The van der Waals surface area contributed by atoms with E-state index in [4.69, 9.17) is 9.47 Å². The molecule has 23 heavy (non-hydrogen) atoms. The molecular formula is C18H25NO4. The van der Waals surface area contributed by atoms with E-state index in [1.807, 2.05) is 44.2 Å². The average molecular weight is 319 g/mol. The van der Waals surface area contributed by atoms with Gasteiger partial charge in [0, 0.05) is 6.04 Å². The Hall–Kier alpha value is -2.30. The first-order valence-corrected chi connectivity index (χ1v) is 7.65. The molecule has 5 nitrogen and oxygen atoms in total. The quantitative estimate of drug-likeness (QED) is 0.590. The summed E-state index contributed by atoms with van der Waals surface area (Å²) in [5, 5.41) is 2.75. The lowest BCUT2D eigenvalue weighted by molar-refractivity contribution is -0.144. The van der Waals surface area contributed by atoms with Crippen LogP contribution in [0.15, 0.2) is 43.0 Å². The number of alkyl carbamates (subject to hydrolysis) is 1. The molecule has 0 aliphatic carbocycles. The summed E-state index contributed by atoms with van der Waals surface area (Å²) in [5.41, 5.74) is 0.899. The fourth-order valence-corrected chi connectivity index (χ4v) is 2.28. The minimum absolute atomic E-state index is 0.179. The molecule has 0 aliphatic rings. The van der Waals surface area contributed by atoms with Gasteiger partial charge in [-0.05, 0) is 17.9 Å². The molecule has 0 radical (unpaired) electrons. The molecule has 1 amide bonds. The number of carbonyl (C=O) groups is 2. The maximum Gasteiger partial charge on any atom is 0.407 e. The van der Waals surface area contributed by atoms with Crippen LogP contribution in [0.2, 0.25) is 0 Å². The van der Waals surface area contributed by atoms with Crippen LogP contribution >= 0.6 is 0 Å². The Balaban J connectivity index is 2.66. The molecule has 2 unspecified atom stereocenters. The Labute approximate surface area is 137 Å². The van der Waals surface area contributed by atoms with Crippen molar-refractivity contribution in [2.75, 3.05) is 7.11 Å². The average Bonchev–Trinajstić information content (AvgIpc) is 2.53. The first-order chi connectivity index (χ1) is 11.0. The van der Waals surface area contributed by atoms with Crippen LogP contribution < -0.4 is 5.32 Å². The molecule has 1 rings (SSSR count). The summed E-state index contributed by atoms with van der Waals surface area (Å²) >= 11 is 0. The smallest absolute Gasteiger partial charge is 0.407 e. The highest BCUT2D eigenvalue weighted by molar-refractivity contribution is 5.76. The number of nitrogens with one attached hydrogen (secondary N) is 1. The number of methoxy groups -OCH3 is 1. The highest BCUT2D eigenvalue weighted by Crippen LogP contribution is 2.16. The zero-order chi connectivity index (χ0) is 17.2. The Morgan fingerprint density at radius 2 is 1.91 bits per heavy atom. The molecule has 1 aromatic rings. The van der Waals surface area contributed by atoms with Crippen LogP contribution in [0, 0.1) is 11.8 Å². The van der Waals surface area contributed by atoms with Crippen molar-refractivity contribution >= 4 is 12.1 Å². The lowest BCUT2D eigenvalue weighted by atomic mass is 9.92. The van der Waals surface area contributed by atoms with Gasteiger partial charge >= 0.3 is 12.1 Å². The van der Waals surface area contributed by atoms with Gasteiger partial charge in [-0.1, -0.05) is 50.3 Å². The third kappa shape index (κ3) is 6.55. The van der Waals surface area contributed by atoms with Gasteiger partial charge < -0.3 is 14.8 Å². The second-order valence-corrected chi connectivity index (χ2v) is 5.73. The largest absolute Gasteiger partial charge is 0.469 e. The van der Waals surface area contributed by atoms with Crippen molar-refractivity contribution < 1.29 is 19.1 Å². The van der Waals surface area contributed by atoms with Crippen LogP contribution in [0.1, 0.15) is 25.8 Å². The molecule has 1 aromatic carbocycles.